The van der Waals surface area contributed by atoms with E-state index in [9.17, 15) is 0 Å². The highest BCUT2D eigenvalue weighted by molar-refractivity contribution is 4.78. The molecule has 0 saturated heterocycles. The van der Waals surface area contributed by atoms with Crippen LogP contribution in [0.3, 0.4) is 0 Å². The topological polar surface area (TPSA) is 63.8 Å². The fourth-order valence-electron chi connectivity index (χ4n) is 1.92. The quantitative estimate of drug-likeness (QED) is 0.773. The number of hydrogen-bond acceptors (Lipinski definition) is 4. The molecule has 1 aliphatic rings. The van der Waals surface area contributed by atoms with Gasteiger partial charge >= 0.3 is 0 Å². The van der Waals surface area contributed by atoms with Gasteiger partial charge in [-0.2, -0.15) is 4.80 Å². The summed E-state index contributed by atoms with van der Waals surface area (Å²) >= 11 is 0. The Morgan fingerprint density at radius 3 is 2.79 bits per heavy atom. The molecule has 2 rings (SSSR count). The number of nitrogens with zero attached hydrogens (tertiary/aromatic N) is 4. The monoisotopic (exact) mass is 196 g/mol. The maximum Gasteiger partial charge on any atom is 0.177 e. The zero-order valence-corrected chi connectivity index (χ0v) is 8.26. The fourth-order valence-corrected chi connectivity index (χ4v) is 1.92. The predicted molar refractivity (Wildman–Crippen MR) is 50.7 cm³/mol. The lowest BCUT2D eigenvalue weighted by Crippen LogP contribution is -2.15. The minimum Gasteiger partial charge on any atom is -0.396 e. The van der Waals surface area contributed by atoms with Crippen molar-refractivity contribution in [2.75, 3.05) is 6.61 Å². The van der Waals surface area contributed by atoms with Crippen LogP contribution in [0.25, 0.3) is 0 Å². The van der Waals surface area contributed by atoms with Crippen molar-refractivity contribution in [3.63, 3.8) is 0 Å². The van der Waals surface area contributed by atoms with Crippen LogP contribution in [-0.2, 0) is 6.42 Å². The lowest BCUT2D eigenvalue weighted by molar-refractivity contribution is 0.289. The Balaban J connectivity index is 2.00. The summed E-state index contributed by atoms with van der Waals surface area (Å²) < 4.78 is 0. The molecule has 14 heavy (non-hydrogen) atoms. The van der Waals surface area contributed by atoms with Crippen LogP contribution < -0.4 is 0 Å². The van der Waals surface area contributed by atoms with E-state index < -0.39 is 0 Å². The Kier molecular flexibility index (Phi) is 3.08. The summed E-state index contributed by atoms with van der Waals surface area (Å²) in [7, 11) is 0. The van der Waals surface area contributed by atoms with Crippen LogP contribution in [0.1, 0.15) is 44.0 Å². The van der Waals surface area contributed by atoms with Gasteiger partial charge < -0.3 is 5.11 Å². The molecule has 1 heterocycles. The molecule has 1 aromatic rings. The van der Waals surface area contributed by atoms with Crippen molar-refractivity contribution in [3.05, 3.63) is 5.82 Å². The first-order chi connectivity index (χ1) is 6.90. The Labute approximate surface area is 83.1 Å². The molecule has 0 radical (unpaired) electrons. The van der Waals surface area contributed by atoms with Crippen molar-refractivity contribution in [3.8, 4) is 0 Å². The second kappa shape index (κ2) is 4.50. The van der Waals surface area contributed by atoms with Gasteiger partial charge in [0.2, 0.25) is 0 Å². The van der Waals surface area contributed by atoms with Crippen LogP contribution in [0.4, 0.5) is 0 Å². The molecule has 0 atom stereocenters. The first-order valence-corrected chi connectivity index (χ1v) is 5.29. The average Bonchev–Trinajstić information content (AvgIpc) is 2.68. The SMILES string of the molecule is OCCc1nnn(C2CCCCC2)n1. The average molecular weight is 196 g/mol. The third-order valence-electron chi connectivity index (χ3n) is 2.71. The van der Waals surface area contributed by atoms with Crippen molar-refractivity contribution >= 4 is 0 Å². The van der Waals surface area contributed by atoms with Crippen LogP contribution in [0, 0.1) is 0 Å². The molecule has 1 fully saturated rings. The van der Waals surface area contributed by atoms with E-state index in [2.05, 4.69) is 15.4 Å². The second-order valence-corrected chi connectivity index (χ2v) is 3.79. The largest absolute Gasteiger partial charge is 0.396 e. The predicted octanol–water partition coefficient (Wildman–Crippen LogP) is 0.713. The van der Waals surface area contributed by atoms with Gasteiger partial charge in [0, 0.05) is 6.42 Å². The summed E-state index contributed by atoms with van der Waals surface area (Å²) in [5, 5.41) is 20.9. The molecular weight excluding hydrogens is 180 g/mol. The molecule has 1 aromatic heterocycles. The first kappa shape index (κ1) is 9.58. The van der Waals surface area contributed by atoms with E-state index in [0.29, 0.717) is 18.3 Å². The minimum atomic E-state index is 0.0936. The summed E-state index contributed by atoms with van der Waals surface area (Å²) in [6.07, 6.45) is 6.69. The molecular formula is C9H16N4O. The van der Waals surface area contributed by atoms with Gasteiger partial charge in [-0.15, -0.1) is 10.2 Å². The van der Waals surface area contributed by atoms with Gasteiger partial charge in [0.15, 0.2) is 5.82 Å². The Bertz CT molecular complexity index is 280. The third-order valence-corrected chi connectivity index (χ3v) is 2.71. The minimum absolute atomic E-state index is 0.0936. The van der Waals surface area contributed by atoms with E-state index >= 15 is 0 Å². The fraction of sp³-hybridized carbons (Fsp3) is 0.889. The standard InChI is InChI=1S/C9H16N4O/c14-7-6-9-10-12-13(11-9)8-4-2-1-3-5-8/h8,14H,1-7H2. The third kappa shape index (κ3) is 2.09. The molecule has 78 valence electrons. The Morgan fingerprint density at radius 1 is 1.29 bits per heavy atom. The van der Waals surface area contributed by atoms with Crippen molar-refractivity contribution in [1.29, 1.82) is 0 Å². The number of hydrogen-bond donors (Lipinski definition) is 1. The number of tetrazole rings is 1. The molecule has 0 aliphatic heterocycles. The maximum absolute atomic E-state index is 8.72. The summed E-state index contributed by atoms with van der Waals surface area (Å²) in [4.78, 5) is 1.73. The van der Waals surface area contributed by atoms with Gasteiger partial charge in [-0.1, -0.05) is 19.3 Å². The molecule has 1 aliphatic carbocycles. The number of aromatic nitrogens is 4. The van der Waals surface area contributed by atoms with Crippen LogP contribution in [0.2, 0.25) is 0 Å². The zero-order chi connectivity index (χ0) is 9.80. The smallest absolute Gasteiger partial charge is 0.177 e. The van der Waals surface area contributed by atoms with E-state index in [-0.39, 0.29) is 6.61 Å². The Hall–Kier alpha value is -0.970. The van der Waals surface area contributed by atoms with Crippen LogP contribution in [-0.4, -0.2) is 31.9 Å². The van der Waals surface area contributed by atoms with Crippen molar-refractivity contribution in [1.82, 2.24) is 20.2 Å². The van der Waals surface area contributed by atoms with Gasteiger partial charge in [0.1, 0.15) is 0 Å². The van der Waals surface area contributed by atoms with Crippen LogP contribution >= 0.6 is 0 Å². The van der Waals surface area contributed by atoms with Crippen molar-refractivity contribution in [2.45, 2.75) is 44.6 Å². The molecule has 0 bridgehead atoms. The molecule has 0 spiro atoms. The highest BCUT2D eigenvalue weighted by Crippen LogP contribution is 2.26. The maximum atomic E-state index is 8.72. The van der Waals surface area contributed by atoms with E-state index in [1.165, 1.54) is 19.3 Å². The van der Waals surface area contributed by atoms with Gasteiger partial charge in [-0.3, -0.25) is 0 Å². The summed E-state index contributed by atoms with van der Waals surface area (Å²) in [6.45, 7) is 0.0936. The summed E-state index contributed by atoms with van der Waals surface area (Å²) in [5.74, 6) is 0.651. The van der Waals surface area contributed by atoms with Gasteiger partial charge in [0.25, 0.3) is 0 Å². The van der Waals surface area contributed by atoms with Gasteiger partial charge in [-0.05, 0) is 18.1 Å². The highest BCUT2D eigenvalue weighted by Gasteiger charge is 2.17. The zero-order valence-electron chi connectivity index (χ0n) is 8.26. The second-order valence-electron chi connectivity index (χ2n) is 3.79. The lowest BCUT2D eigenvalue weighted by Gasteiger charge is -2.19. The van der Waals surface area contributed by atoms with E-state index in [4.69, 9.17) is 5.11 Å². The Morgan fingerprint density at radius 2 is 2.07 bits per heavy atom. The van der Waals surface area contributed by atoms with E-state index in [1.807, 2.05) is 0 Å². The molecule has 0 unspecified atom stereocenters. The molecule has 1 N–H and O–H groups in total. The number of aliphatic hydroxyl groups excluding tert-OH is 1. The number of aliphatic hydroxyl groups is 1. The molecule has 5 nitrogen and oxygen atoms in total. The van der Waals surface area contributed by atoms with Gasteiger partial charge in [-0.25, -0.2) is 0 Å². The van der Waals surface area contributed by atoms with Gasteiger partial charge in [0.05, 0.1) is 12.6 Å². The normalized spacial score (nSPS) is 18.6. The summed E-state index contributed by atoms with van der Waals surface area (Å²) in [5.41, 5.74) is 0. The first-order valence-electron chi connectivity index (χ1n) is 5.29. The highest BCUT2D eigenvalue weighted by atomic mass is 16.3. The molecule has 5 heteroatoms. The van der Waals surface area contributed by atoms with Crippen molar-refractivity contribution < 1.29 is 5.11 Å². The van der Waals surface area contributed by atoms with Crippen molar-refractivity contribution in [2.24, 2.45) is 0 Å². The molecule has 1 saturated carbocycles. The number of rotatable bonds is 3. The molecule has 0 aromatic carbocycles. The van der Waals surface area contributed by atoms with E-state index in [1.54, 1.807) is 4.80 Å². The van der Waals surface area contributed by atoms with Crippen LogP contribution in [0.5, 0.6) is 0 Å². The lowest BCUT2D eigenvalue weighted by atomic mass is 9.96. The summed E-state index contributed by atoms with van der Waals surface area (Å²) in [6, 6.07) is 0.434. The van der Waals surface area contributed by atoms with E-state index in [0.717, 1.165) is 12.8 Å². The van der Waals surface area contributed by atoms with Crippen LogP contribution in [0.15, 0.2) is 0 Å². The molecule has 0 amide bonds.